The molecule has 0 spiro atoms. The molecule has 1 aromatic heterocycles. The van der Waals surface area contributed by atoms with E-state index in [9.17, 15) is 8.42 Å². The molecule has 176 valence electrons. The van der Waals surface area contributed by atoms with Gasteiger partial charge in [-0.3, -0.25) is 0 Å². The average molecular weight is 485 g/mol. The van der Waals surface area contributed by atoms with E-state index in [-0.39, 0.29) is 0 Å². The highest BCUT2D eigenvalue weighted by molar-refractivity contribution is 8.00. The zero-order valence-corrected chi connectivity index (χ0v) is 21.8. The highest BCUT2D eigenvalue weighted by Gasteiger charge is 2.15. The summed E-state index contributed by atoms with van der Waals surface area (Å²) < 4.78 is 29.7. The highest BCUT2D eigenvalue weighted by Crippen LogP contribution is 2.29. The first kappa shape index (κ1) is 26.6. The van der Waals surface area contributed by atoms with E-state index in [1.165, 1.54) is 88.4 Å². The largest absolute Gasteiger partial charge is 0.240 e. The second-order valence-electron chi connectivity index (χ2n) is 8.31. The van der Waals surface area contributed by atoms with Crippen LogP contribution in [0.15, 0.2) is 27.4 Å². The first-order valence-corrected chi connectivity index (χ1v) is 15.5. The number of nitrogens with one attached hydrogen (secondary N) is 1. The third kappa shape index (κ3) is 10.2. The number of fused-ring (bicyclic) bond motifs is 1. The summed E-state index contributed by atoms with van der Waals surface area (Å²) in [6.07, 6.45) is 20.2. The van der Waals surface area contributed by atoms with Gasteiger partial charge in [-0.15, -0.1) is 11.3 Å². The van der Waals surface area contributed by atoms with Crippen molar-refractivity contribution in [2.45, 2.75) is 106 Å². The van der Waals surface area contributed by atoms with Crippen LogP contribution in [0.3, 0.4) is 0 Å². The molecule has 0 aliphatic carbocycles. The standard InChI is InChI=1S/C24H40N2O2S3/c1-3-4-5-6-7-8-9-10-11-12-13-14-15-16-19-25-31(27,28)21-17-18-22-23(20-21)30-24(26-22)29-2/h17-18,20,25H,3-16,19H2,1-2H3. The lowest BCUT2D eigenvalue weighted by atomic mass is 10.0. The Balaban J connectivity index is 1.51. The predicted octanol–water partition coefficient (Wildman–Crippen LogP) is 7.78. The molecule has 0 amide bonds. The molecule has 4 nitrogen and oxygen atoms in total. The van der Waals surface area contributed by atoms with Gasteiger partial charge in [0.05, 0.1) is 15.1 Å². The first-order valence-electron chi connectivity index (χ1n) is 12.0. The molecule has 0 aliphatic heterocycles. The summed E-state index contributed by atoms with van der Waals surface area (Å²) in [5.74, 6) is 0. The van der Waals surface area contributed by atoms with Crippen molar-refractivity contribution in [3.8, 4) is 0 Å². The molecule has 31 heavy (non-hydrogen) atoms. The number of nitrogens with zero attached hydrogens (tertiary/aromatic N) is 1. The summed E-state index contributed by atoms with van der Waals surface area (Å²) in [6.45, 7) is 2.78. The minimum Gasteiger partial charge on any atom is -0.230 e. The van der Waals surface area contributed by atoms with Gasteiger partial charge in [-0.2, -0.15) is 0 Å². The molecular formula is C24H40N2O2S3. The predicted molar refractivity (Wildman–Crippen MR) is 137 cm³/mol. The van der Waals surface area contributed by atoms with E-state index in [0.29, 0.717) is 11.4 Å². The van der Waals surface area contributed by atoms with Crippen LogP contribution in [-0.4, -0.2) is 26.2 Å². The van der Waals surface area contributed by atoms with Crippen LogP contribution in [0.1, 0.15) is 96.8 Å². The lowest BCUT2D eigenvalue weighted by Gasteiger charge is -2.07. The van der Waals surface area contributed by atoms with Crippen molar-refractivity contribution in [1.82, 2.24) is 9.71 Å². The first-order chi connectivity index (χ1) is 15.1. The zero-order chi connectivity index (χ0) is 22.4. The second-order valence-corrected chi connectivity index (χ2v) is 12.2. The van der Waals surface area contributed by atoms with E-state index >= 15 is 0 Å². The molecule has 0 atom stereocenters. The van der Waals surface area contributed by atoms with E-state index in [1.807, 2.05) is 6.26 Å². The third-order valence-corrected chi connectivity index (χ3v) is 9.11. The number of thioether (sulfide) groups is 1. The molecule has 2 rings (SSSR count). The van der Waals surface area contributed by atoms with Crippen LogP contribution >= 0.6 is 23.1 Å². The van der Waals surface area contributed by atoms with Gasteiger partial charge in [0.2, 0.25) is 10.0 Å². The lowest BCUT2D eigenvalue weighted by molar-refractivity contribution is 0.533. The maximum Gasteiger partial charge on any atom is 0.240 e. The van der Waals surface area contributed by atoms with E-state index in [4.69, 9.17) is 0 Å². The maximum absolute atomic E-state index is 12.6. The van der Waals surface area contributed by atoms with Crippen molar-refractivity contribution in [3.63, 3.8) is 0 Å². The highest BCUT2D eigenvalue weighted by atomic mass is 32.2. The van der Waals surface area contributed by atoms with Crippen molar-refractivity contribution < 1.29 is 8.42 Å². The number of hydrogen-bond acceptors (Lipinski definition) is 5. The van der Waals surface area contributed by atoms with Crippen LogP contribution in [0.2, 0.25) is 0 Å². The number of sulfonamides is 1. The SMILES string of the molecule is CCCCCCCCCCCCCCCCNS(=O)(=O)c1ccc2nc(SC)sc2c1. The molecule has 0 saturated heterocycles. The Morgan fingerprint density at radius 3 is 1.97 bits per heavy atom. The smallest absolute Gasteiger partial charge is 0.230 e. The van der Waals surface area contributed by atoms with E-state index in [1.54, 1.807) is 30.0 Å². The van der Waals surface area contributed by atoms with Gasteiger partial charge in [0.1, 0.15) is 0 Å². The van der Waals surface area contributed by atoms with Gasteiger partial charge in [-0.25, -0.2) is 18.1 Å². The van der Waals surface area contributed by atoms with Crippen molar-refractivity contribution >= 4 is 43.3 Å². The Morgan fingerprint density at radius 1 is 0.871 bits per heavy atom. The Kier molecular flexibility index (Phi) is 13.1. The molecule has 1 N–H and O–H groups in total. The molecule has 1 aromatic carbocycles. The van der Waals surface area contributed by atoms with E-state index in [0.717, 1.165) is 27.4 Å². The third-order valence-electron chi connectivity index (χ3n) is 5.65. The average Bonchev–Trinajstić information content (AvgIpc) is 3.19. The number of benzene rings is 1. The monoisotopic (exact) mass is 484 g/mol. The normalized spacial score (nSPS) is 12.1. The molecule has 0 bridgehead atoms. The molecule has 2 aromatic rings. The van der Waals surface area contributed by atoms with Crippen LogP contribution in [0.4, 0.5) is 0 Å². The van der Waals surface area contributed by atoms with Gasteiger partial charge in [0, 0.05) is 6.54 Å². The molecular weight excluding hydrogens is 444 g/mol. The number of hydrogen-bond donors (Lipinski definition) is 1. The minimum atomic E-state index is -3.45. The molecule has 0 fully saturated rings. The van der Waals surface area contributed by atoms with Gasteiger partial charge >= 0.3 is 0 Å². The quantitative estimate of drug-likeness (QED) is 0.173. The lowest BCUT2D eigenvalue weighted by Crippen LogP contribution is -2.24. The summed E-state index contributed by atoms with van der Waals surface area (Å²) in [4.78, 5) is 4.80. The van der Waals surface area contributed by atoms with Gasteiger partial charge in [0.15, 0.2) is 4.34 Å². The second kappa shape index (κ2) is 15.3. The molecule has 7 heteroatoms. The summed E-state index contributed by atoms with van der Waals surface area (Å²) in [6, 6.07) is 5.19. The summed E-state index contributed by atoms with van der Waals surface area (Å²) in [5.41, 5.74) is 0.861. The van der Waals surface area contributed by atoms with E-state index < -0.39 is 10.0 Å². The zero-order valence-electron chi connectivity index (χ0n) is 19.3. The van der Waals surface area contributed by atoms with Crippen molar-refractivity contribution in [3.05, 3.63) is 18.2 Å². The Morgan fingerprint density at radius 2 is 1.42 bits per heavy atom. The maximum atomic E-state index is 12.6. The fourth-order valence-corrected chi connectivity index (χ4v) is 6.45. The van der Waals surface area contributed by atoms with Crippen LogP contribution in [0.5, 0.6) is 0 Å². The summed E-state index contributed by atoms with van der Waals surface area (Å²) in [5, 5.41) is 0. The fraction of sp³-hybridized carbons (Fsp3) is 0.708. The molecule has 0 saturated carbocycles. The number of unbranched alkanes of at least 4 members (excludes halogenated alkanes) is 13. The van der Waals surface area contributed by atoms with E-state index in [2.05, 4.69) is 16.6 Å². The molecule has 0 radical (unpaired) electrons. The minimum absolute atomic E-state index is 0.335. The van der Waals surface area contributed by atoms with Gasteiger partial charge in [-0.05, 0) is 30.9 Å². The van der Waals surface area contributed by atoms with Crippen LogP contribution < -0.4 is 4.72 Å². The van der Waals surface area contributed by atoms with Gasteiger partial charge in [-0.1, -0.05) is 102 Å². The topological polar surface area (TPSA) is 59.1 Å². The van der Waals surface area contributed by atoms with Crippen LogP contribution in [0.25, 0.3) is 10.2 Å². The Labute approximate surface area is 198 Å². The molecule has 0 aliphatic rings. The van der Waals surface area contributed by atoms with Crippen molar-refractivity contribution in [2.24, 2.45) is 0 Å². The van der Waals surface area contributed by atoms with Crippen LogP contribution in [0, 0.1) is 0 Å². The van der Waals surface area contributed by atoms with Gasteiger partial charge < -0.3 is 0 Å². The van der Waals surface area contributed by atoms with Crippen molar-refractivity contribution in [1.29, 1.82) is 0 Å². The van der Waals surface area contributed by atoms with Crippen molar-refractivity contribution in [2.75, 3.05) is 12.8 Å². The number of aromatic nitrogens is 1. The Bertz CT molecular complexity index is 850. The number of thiazole rings is 1. The molecule has 0 unspecified atom stereocenters. The Hall–Kier alpha value is -0.630. The summed E-state index contributed by atoms with van der Waals surface area (Å²) >= 11 is 3.12. The van der Waals surface area contributed by atoms with Gasteiger partial charge in [0.25, 0.3) is 0 Å². The number of rotatable bonds is 18. The van der Waals surface area contributed by atoms with Crippen LogP contribution in [-0.2, 0) is 10.0 Å². The summed E-state index contributed by atoms with van der Waals surface area (Å²) in [7, 11) is -3.45. The molecule has 1 heterocycles. The fourth-order valence-electron chi connectivity index (χ4n) is 3.75.